The Morgan fingerprint density at radius 2 is 1.68 bits per heavy atom. The molecule has 0 aliphatic rings. The van der Waals surface area contributed by atoms with Crippen LogP contribution in [0.4, 0.5) is 4.39 Å². The first kappa shape index (κ1) is 16.1. The van der Waals surface area contributed by atoms with Crippen molar-refractivity contribution in [3.63, 3.8) is 0 Å². The fraction of sp³-hybridized carbons (Fsp3) is 0.294. The lowest BCUT2D eigenvalue weighted by molar-refractivity contribution is 0.211. The van der Waals surface area contributed by atoms with E-state index < -0.39 is 0 Å². The monoisotopic (exact) mass is 305 g/mol. The first-order valence-corrected chi connectivity index (χ1v) is 7.05. The van der Waals surface area contributed by atoms with E-state index in [0.717, 1.165) is 12.1 Å². The molecule has 22 heavy (non-hydrogen) atoms. The van der Waals surface area contributed by atoms with E-state index in [2.05, 4.69) is 5.32 Å². The smallest absolute Gasteiger partial charge is 0.161 e. The maximum absolute atomic E-state index is 12.8. The summed E-state index contributed by atoms with van der Waals surface area (Å²) in [7, 11) is 3.50. The second-order valence-electron chi connectivity index (χ2n) is 4.67. The number of halogens is 1. The Kier molecular flexibility index (Phi) is 6.03. The van der Waals surface area contributed by atoms with E-state index >= 15 is 0 Å². The highest BCUT2D eigenvalue weighted by molar-refractivity contribution is 5.42. The van der Waals surface area contributed by atoms with Crippen LogP contribution in [0.15, 0.2) is 42.5 Å². The third kappa shape index (κ3) is 4.63. The summed E-state index contributed by atoms with van der Waals surface area (Å²) in [5, 5.41) is 3.09. The molecule has 5 heteroatoms. The average molecular weight is 305 g/mol. The van der Waals surface area contributed by atoms with E-state index in [-0.39, 0.29) is 5.82 Å². The Labute approximate surface area is 129 Å². The van der Waals surface area contributed by atoms with Crippen LogP contribution in [-0.4, -0.2) is 27.4 Å². The first-order chi connectivity index (χ1) is 10.7. The van der Waals surface area contributed by atoms with E-state index in [9.17, 15) is 4.39 Å². The van der Waals surface area contributed by atoms with Crippen molar-refractivity contribution in [2.24, 2.45) is 0 Å². The summed E-state index contributed by atoms with van der Waals surface area (Å²) >= 11 is 0. The van der Waals surface area contributed by atoms with Gasteiger partial charge in [-0.2, -0.15) is 0 Å². The predicted molar refractivity (Wildman–Crippen MR) is 83.1 cm³/mol. The zero-order valence-corrected chi connectivity index (χ0v) is 12.8. The molecule has 4 nitrogen and oxygen atoms in total. The van der Waals surface area contributed by atoms with Gasteiger partial charge >= 0.3 is 0 Å². The largest absolute Gasteiger partial charge is 0.493 e. The Morgan fingerprint density at radius 1 is 0.955 bits per heavy atom. The topological polar surface area (TPSA) is 39.7 Å². The fourth-order valence-electron chi connectivity index (χ4n) is 1.99. The van der Waals surface area contributed by atoms with Crippen LogP contribution in [0, 0.1) is 5.82 Å². The van der Waals surface area contributed by atoms with E-state index in [4.69, 9.17) is 14.2 Å². The lowest BCUT2D eigenvalue weighted by atomic mass is 10.2. The van der Waals surface area contributed by atoms with Crippen LogP contribution >= 0.6 is 0 Å². The number of rotatable bonds is 8. The van der Waals surface area contributed by atoms with Gasteiger partial charge in [0.2, 0.25) is 0 Å². The van der Waals surface area contributed by atoms with E-state index in [1.165, 1.54) is 12.1 Å². The molecule has 2 aromatic rings. The zero-order valence-electron chi connectivity index (χ0n) is 12.8. The van der Waals surface area contributed by atoms with Gasteiger partial charge in [0.1, 0.15) is 24.8 Å². The summed E-state index contributed by atoms with van der Waals surface area (Å²) in [6, 6.07) is 11.7. The molecular weight excluding hydrogens is 285 g/mol. The molecule has 0 amide bonds. The summed E-state index contributed by atoms with van der Waals surface area (Å²) in [5.74, 6) is 1.69. The van der Waals surface area contributed by atoms with Crippen LogP contribution in [-0.2, 0) is 6.54 Å². The number of benzene rings is 2. The molecule has 2 aromatic carbocycles. The van der Waals surface area contributed by atoms with Gasteiger partial charge in [-0.15, -0.1) is 0 Å². The summed E-state index contributed by atoms with van der Waals surface area (Å²) in [6.07, 6.45) is 0. The third-order valence-corrected chi connectivity index (χ3v) is 3.03. The molecule has 0 radical (unpaired) electrons. The molecule has 1 N–H and O–H groups in total. The molecule has 0 unspecified atom stereocenters. The highest BCUT2D eigenvalue weighted by atomic mass is 19.1. The molecule has 118 valence electrons. The van der Waals surface area contributed by atoms with E-state index in [0.29, 0.717) is 30.5 Å². The van der Waals surface area contributed by atoms with Crippen molar-refractivity contribution in [1.29, 1.82) is 0 Å². The Bertz CT molecular complexity index is 587. The predicted octanol–water partition coefficient (Wildman–Crippen LogP) is 3.01. The van der Waals surface area contributed by atoms with Gasteiger partial charge in [-0.05, 0) is 49.0 Å². The van der Waals surface area contributed by atoms with Crippen molar-refractivity contribution >= 4 is 0 Å². The second kappa shape index (κ2) is 8.24. The van der Waals surface area contributed by atoms with Crippen LogP contribution in [0.3, 0.4) is 0 Å². The van der Waals surface area contributed by atoms with Gasteiger partial charge in [0.15, 0.2) is 11.5 Å². The molecule has 2 rings (SSSR count). The van der Waals surface area contributed by atoms with Gasteiger partial charge in [0, 0.05) is 6.54 Å². The van der Waals surface area contributed by atoms with Gasteiger partial charge in [-0.3, -0.25) is 0 Å². The lowest BCUT2D eigenvalue weighted by Gasteiger charge is -2.12. The van der Waals surface area contributed by atoms with Gasteiger partial charge in [-0.25, -0.2) is 4.39 Å². The summed E-state index contributed by atoms with van der Waals surface area (Å²) in [6.45, 7) is 1.51. The molecule has 0 saturated carbocycles. The fourth-order valence-corrected chi connectivity index (χ4v) is 1.99. The molecule has 0 aliphatic carbocycles. The molecule has 0 fully saturated rings. The lowest BCUT2D eigenvalue weighted by Crippen LogP contribution is -2.10. The van der Waals surface area contributed by atoms with Crippen molar-refractivity contribution in [1.82, 2.24) is 5.32 Å². The Morgan fingerprint density at radius 3 is 2.36 bits per heavy atom. The quantitative estimate of drug-likeness (QED) is 0.761. The number of ether oxygens (including phenoxy) is 3. The molecule has 0 spiro atoms. The molecule has 0 aliphatic heterocycles. The molecule has 0 heterocycles. The van der Waals surface area contributed by atoms with Crippen LogP contribution in [0.25, 0.3) is 0 Å². The van der Waals surface area contributed by atoms with Gasteiger partial charge < -0.3 is 19.5 Å². The summed E-state index contributed by atoms with van der Waals surface area (Å²) in [4.78, 5) is 0. The number of nitrogens with one attached hydrogen (secondary N) is 1. The first-order valence-electron chi connectivity index (χ1n) is 7.05. The minimum Gasteiger partial charge on any atom is -0.493 e. The van der Waals surface area contributed by atoms with Gasteiger partial charge in [0.05, 0.1) is 7.11 Å². The Hall–Kier alpha value is -2.27. The SMILES string of the molecule is CNCc1ccc(OCCOc2ccc(F)cc2)c(OC)c1. The van der Waals surface area contributed by atoms with Gasteiger partial charge in [0.25, 0.3) is 0 Å². The summed E-state index contributed by atoms with van der Waals surface area (Å²) < 4.78 is 29.2. The van der Waals surface area contributed by atoms with Crippen molar-refractivity contribution in [2.75, 3.05) is 27.4 Å². The van der Waals surface area contributed by atoms with Crippen LogP contribution < -0.4 is 19.5 Å². The molecular formula is C17H20FNO3. The van der Waals surface area contributed by atoms with Gasteiger partial charge in [-0.1, -0.05) is 6.07 Å². The molecule has 0 saturated heterocycles. The standard InChI is InChI=1S/C17H20FNO3/c1-19-12-13-3-8-16(17(11-13)20-2)22-10-9-21-15-6-4-14(18)5-7-15/h3-8,11,19H,9-10,12H2,1-2H3. The molecule has 0 atom stereocenters. The number of hydrogen-bond donors (Lipinski definition) is 1. The highest BCUT2D eigenvalue weighted by Gasteiger charge is 2.05. The van der Waals surface area contributed by atoms with Crippen LogP contribution in [0.5, 0.6) is 17.2 Å². The maximum Gasteiger partial charge on any atom is 0.161 e. The van der Waals surface area contributed by atoms with Crippen molar-refractivity contribution in [3.05, 3.63) is 53.8 Å². The second-order valence-corrected chi connectivity index (χ2v) is 4.67. The maximum atomic E-state index is 12.8. The zero-order chi connectivity index (χ0) is 15.8. The minimum absolute atomic E-state index is 0.282. The van der Waals surface area contributed by atoms with Crippen molar-refractivity contribution in [2.45, 2.75) is 6.54 Å². The Balaban J connectivity index is 1.84. The van der Waals surface area contributed by atoms with Crippen molar-refractivity contribution in [3.8, 4) is 17.2 Å². The van der Waals surface area contributed by atoms with E-state index in [1.54, 1.807) is 19.2 Å². The van der Waals surface area contributed by atoms with Crippen LogP contribution in [0.1, 0.15) is 5.56 Å². The van der Waals surface area contributed by atoms with Crippen molar-refractivity contribution < 1.29 is 18.6 Å². The minimum atomic E-state index is -0.282. The molecule has 0 aromatic heterocycles. The number of hydrogen-bond acceptors (Lipinski definition) is 4. The molecule has 0 bridgehead atoms. The normalized spacial score (nSPS) is 10.3. The average Bonchev–Trinajstić information content (AvgIpc) is 2.54. The van der Waals surface area contributed by atoms with E-state index in [1.807, 2.05) is 25.2 Å². The number of methoxy groups -OCH3 is 1. The van der Waals surface area contributed by atoms with Crippen LogP contribution in [0.2, 0.25) is 0 Å². The summed E-state index contributed by atoms with van der Waals surface area (Å²) in [5.41, 5.74) is 1.12. The third-order valence-electron chi connectivity index (χ3n) is 3.03. The highest BCUT2D eigenvalue weighted by Crippen LogP contribution is 2.28.